The molecule has 0 amide bonds. The Morgan fingerprint density at radius 3 is 0.500 bits per heavy atom. The fourth-order valence-corrected chi connectivity index (χ4v) is 0. The first-order valence-electron chi connectivity index (χ1n) is 1.22. The zero-order valence-electron chi connectivity index (χ0n) is 8.97. The minimum atomic E-state index is -2.33. The van der Waals surface area contributed by atoms with Crippen LogP contribution in [0.5, 0.6) is 0 Å². The third-order valence-corrected chi connectivity index (χ3v) is 0. The summed E-state index contributed by atoms with van der Waals surface area (Å²) in [6.07, 6.45) is -4.67. The Labute approximate surface area is 149 Å². The topological polar surface area (TPSA) is 344 Å². The van der Waals surface area contributed by atoms with E-state index in [0.29, 0.717) is 0 Å². The van der Waals surface area contributed by atoms with Gasteiger partial charge in [0.15, 0.2) is 0 Å². The van der Waals surface area contributed by atoms with E-state index in [2.05, 4.69) is 0 Å². The van der Waals surface area contributed by atoms with Crippen molar-refractivity contribution in [2.24, 2.45) is 0 Å². The third-order valence-electron chi connectivity index (χ3n) is 0. The molecule has 0 spiro atoms. The van der Waals surface area contributed by atoms with Gasteiger partial charge in [-0.05, 0) is 12.3 Å². The van der Waals surface area contributed by atoms with Gasteiger partial charge >= 0.3 is 69.2 Å². The Morgan fingerprint density at radius 2 is 0.500 bits per heavy atom. The molecular formula is C2H12Mg3O13. The minimum Gasteiger partial charge on any atom is -0.870 e. The quantitative estimate of drug-likeness (QED) is 0.384. The van der Waals surface area contributed by atoms with Gasteiger partial charge in [0.2, 0.25) is 0 Å². The molecule has 0 aliphatic carbocycles. The van der Waals surface area contributed by atoms with Gasteiger partial charge in [-0.3, -0.25) is 0 Å². The van der Waals surface area contributed by atoms with Gasteiger partial charge in [-0.2, -0.15) is 0 Å². The fourth-order valence-electron chi connectivity index (χ4n) is 0. The fraction of sp³-hybridized carbons (Fsp3) is 0. The average Bonchev–Trinajstić information content (AvgIpc) is 1.25. The zero-order chi connectivity index (χ0) is 7.15. The summed E-state index contributed by atoms with van der Waals surface area (Å²) < 4.78 is 0. The summed E-state index contributed by atoms with van der Waals surface area (Å²) in [4.78, 5) is 16.7. The van der Waals surface area contributed by atoms with Crippen molar-refractivity contribution in [1.82, 2.24) is 0 Å². The van der Waals surface area contributed by atoms with Crippen LogP contribution in [0.25, 0.3) is 0 Å². The Morgan fingerprint density at radius 1 is 0.500 bits per heavy atom. The van der Waals surface area contributed by atoms with Crippen molar-refractivity contribution in [1.29, 1.82) is 0 Å². The van der Waals surface area contributed by atoms with Gasteiger partial charge in [0.05, 0.1) is 0 Å². The van der Waals surface area contributed by atoms with Gasteiger partial charge in [-0.25, -0.2) is 0 Å². The van der Waals surface area contributed by atoms with Crippen molar-refractivity contribution in [3.05, 3.63) is 0 Å². The molecule has 0 fully saturated rings. The van der Waals surface area contributed by atoms with Crippen molar-refractivity contribution < 1.29 is 68.3 Å². The molecule has 13 nitrogen and oxygen atoms in total. The summed E-state index contributed by atoms with van der Waals surface area (Å²) in [5, 5.41) is 33.3. The third kappa shape index (κ3) is 12800. The van der Waals surface area contributed by atoms with Crippen LogP contribution >= 0.6 is 0 Å². The predicted octanol–water partition coefficient (Wildman–Crippen LogP) is -10.5. The van der Waals surface area contributed by atoms with E-state index in [1.807, 2.05) is 0 Å². The average molecular weight is 317 g/mol. The molecule has 0 radical (unpaired) electrons. The van der Waals surface area contributed by atoms with Crippen LogP contribution in [0.1, 0.15) is 0 Å². The molecule has 16 heteroatoms. The summed E-state index contributed by atoms with van der Waals surface area (Å²) >= 11 is 0. The van der Waals surface area contributed by atoms with Crippen molar-refractivity contribution in [3.63, 3.8) is 0 Å². The van der Waals surface area contributed by atoms with Crippen LogP contribution in [0, 0.1) is 0 Å². The Bertz CT molecular complexity index is 78.2. The molecule has 18 heavy (non-hydrogen) atoms. The standard InChI is InChI=1S/2CH2O3.3Mg.7H2O/c2*2-1(3)4;;;;;;;;;;/h2*(H2,2,3,4);;;;7*1H2/q;;3*+2;;;;;;;/p-6. The summed E-state index contributed by atoms with van der Waals surface area (Å²) in [5.41, 5.74) is 0. The molecule has 0 aliphatic heterocycles. The van der Waals surface area contributed by atoms with Crippen molar-refractivity contribution in [3.8, 4) is 0 Å². The van der Waals surface area contributed by atoms with Crippen molar-refractivity contribution in [2.45, 2.75) is 0 Å². The van der Waals surface area contributed by atoms with Gasteiger partial charge < -0.3 is 68.3 Å². The van der Waals surface area contributed by atoms with Gasteiger partial charge in [0, 0.05) is 0 Å². The molecule has 12 N–H and O–H groups in total. The van der Waals surface area contributed by atoms with Gasteiger partial charge in [0.1, 0.15) is 0 Å². The van der Waals surface area contributed by atoms with Crippen molar-refractivity contribution in [2.75, 3.05) is 0 Å². The van der Waals surface area contributed by atoms with E-state index in [1.165, 1.54) is 0 Å². The summed E-state index contributed by atoms with van der Waals surface area (Å²) in [7, 11) is 0. The Kier molecular flexibility index (Phi) is 827. The van der Waals surface area contributed by atoms with Gasteiger partial charge in [-0.1, -0.05) is 0 Å². The SMILES string of the molecule is O.O.O.O.O.O=C([O-])[O-].O=C([O-])[O-].[Mg+2].[Mg+2].[Mg+2].[OH-].[OH-]. The molecule has 0 atom stereocenters. The first kappa shape index (κ1) is 133. The van der Waals surface area contributed by atoms with Crippen LogP contribution in [0.4, 0.5) is 9.59 Å². The molecule has 0 unspecified atom stereocenters. The molecule has 0 aromatic heterocycles. The number of hydrogen-bond acceptors (Lipinski definition) is 8. The number of hydrogen-bond donors (Lipinski definition) is 0. The Balaban J connectivity index is -0.00000000257. The normalized spacial score (nSPS) is 2.67. The number of carbonyl (C=O) groups is 2. The number of rotatable bonds is 0. The van der Waals surface area contributed by atoms with E-state index in [4.69, 9.17) is 30.0 Å². The molecule has 0 saturated carbocycles. The maximum Gasteiger partial charge on any atom is 2.00 e. The van der Waals surface area contributed by atoms with E-state index in [1.54, 1.807) is 0 Å². The number of carboxylic acid groups (broad SMARTS) is 4. The molecule has 0 saturated heterocycles. The molecule has 0 heterocycles. The molecule has 0 aromatic carbocycles. The molecule has 104 valence electrons. The zero-order valence-corrected chi connectivity index (χ0v) is 13.2. The van der Waals surface area contributed by atoms with Crippen LogP contribution in [0.3, 0.4) is 0 Å². The van der Waals surface area contributed by atoms with E-state index < -0.39 is 12.3 Å². The van der Waals surface area contributed by atoms with E-state index in [0.717, 1.165) is 0 Å². The molecule has 0 aliphatic rings. The van der Waals surface area contributed by atoms with Crippen LogP contribution in [0.2, 0.25) is 0 Å². The van der Waals surface area contributed by atoms with Crippen molar-refractivity contribution >= 4 is 81.5 Å². The summed E-state index contributed by atoms with van der Waals surface area (Å²) in [6, 6.07) is 0. The van der Waals surface area contributed by atoms with Crippen LogP contribution in [-0.4, -0.2) is 120 Å². The second-order valence-corrected chi connectivity index (χ2v) is 0.500. The minimum absolute atomic E-state index is 0. The summed E-state index contributed by atoms with van der Waals surface area (Å²) in [6.45, 7) is 0. The van der Waals surface area contributed by atoms with Gasteiger partial charge in [-0.15, -0.1) is 0 Å². The van der Waals surface area contributed by atoms with Crippen LogP contribution < -0.4 is 20.4 Å². The van der Waals surface area contributed by atoms with E-state index in [-0.39, 0.29) is 107 Å². The second-order valence-electron chi connectivity index (χ2n) is 0.500. The number of carbonyl (C=O) groups excluding carboxylic acids is 2. The van der Waals surface area contributed by atoms with Crippen LogP contribution in [-0.2, 0) is 0 Å². The van der Waals surface area contributed by atoms with Gasteiger partial charge in [0.25, 0.3) is 0 Å². The predicted molar refractivity (Wildman–Crippen MR) is 50.0 cm³/mol. The molecular weight excluding hydrogens is 305 g/mol. The van der Waals surface area contributed by atoms with Crippen LogP contribution in [0.15, 0.2) is 0 Å². The first-order chi connectivity index (χ1) is 3.46. The first-order valence-corrected chi connectivity index (χ1v) is 1.22. The van der Waals surface area contributed by atoms with E-state index >= 15 is 0 Å². The Hall–Kier alpha value is 0.559. The monoisotopic (exact) mass is 316 g/mol. The molecule has 0 rings (SSSR count). The largest absolute Gasteiger partial charge is 2.00 e. The molecule has 0 bridgehead atoms. The van der Waals surface area contributed by atoms with E-state index in [9.17, 15) is 0 Å². The smallest absolute Gasteiger partial charge is 0.870 e. The second kappa shape index (κ2) is 112. The summed E-state index contributed by atoms with van der Waals surface area (Å²) in [5.74, 6) is 0. The maximum absolute atomic E-state index is 8.33. The maximum atomic E-state index is 8.33. The molecule has 0 aromatic rings.